The molecule has 0 spiro atoms. The molecule has 18 heavy (non-hydrogen) atoms. The average Bonchev–Trinajstić information content (AvgIpc) is 2.35. The maximum absolute atomic E-state index is 13.0. The summed E-state index contributed by atoms with van der Waals surface area (Å²) in [6.07, 6.45) is 1.53. The summed E-state index contributed by atoms with van der Waals surface area (Å²) >= 11 is 11.7. The second kappa shape index (κ2) is 5.46. The highest BCUT2D eigenvalue weighted by Gasteiger charge is 2.12. The number of pyridine rings is 1. The topological polar surface area (TPSA) is 30.0 Å². The molecule has 1 aromatic heterocycles. The van der Waals surface area contributed by atoms with Crippen LogP contribution in [0.5, 0.6) is 0 Å². The summed E-state index contributed by atoms with van der Waals surface area (Å²) < 4.78 is 13.0. The van der Waals surface area contributed by atoms with Crippen molar-refractivity contribution in [1.82, 2.24) is 4.98 Å². The van der Waals surface area contributed by atoms with Gasteiger partial charge < -0.3 is 0 Å². The minimum absolute atomic E-state index is 0.0600. The number of Topliss-reactive ketones (excluding diaryl/α,β-unsaturated/α-hetero) is 1. The van der Waals surface area contributed by atoms with Crippen LogP contribution in [0.1, 0.15) is 15.9 Å². The zero-order chi connectivity index (χ0) is 13.1. The molecule has 0 amide bonds. The third-order valence-corrected chi connectivity index (χ3v) is 3.23. The molecule has 0 atom stereocenters. The Hall–Kier alpha value is -1.45. The molecule has 0 fully saturated rings. The maximum atomic E-state index is 13.0. The van der Waals surface area contributed by atoms with Crippen molar-refractivity contribution < 1.29 is 9.18 Å². The van der Waals surface area contributed by atoms with Crippen molar-refractivity contribution in [2.75, 3.05) is 0 Å². The van der Waals surface area contributed by atoms with Crippen LogP contribution in [-0.4, -0.2) is 10.8 Å². The van der Waals surface area contributed by atoms with Gasteiger partial charge in [-0.15, -0.1) is 0 Å². The highest BCUT2D eigenvalue weighted by atomic mass is 35.5. The van der Waals surface area contributed by atoms with Gasteiger partial charge in [-0.25, -0.2) is 9.37 Å². The molecule has 2 rings (SSSR count). The molecular formula is C13H8Cl2FNO. The normalized spacial score (nSPS) is 10.4. The molecule has 1 aromatic carbocycles. The van der Waals surface area contributed by atoms with E-state index in [0.29, 0.717) is 11.1 Å². The minimum Gasteiger partial charge on any atom is -0.294 e. The summed E-state index contributed by atoms with van der Waals surface area (Å²) in [7, 11) is 0. The predicted molar refractivity (Wildman–Crippen MR) is 68.7 cm³/mol. The number of carbonyl (C=O) groups is 1. The number of halogens is 3. The Morgan fingerprint density at radius 3 is 2.78 bits per heavy atom. The van der Waals surface area contributed by atoms with Crippen molar-refractivity contribution in [3.63, 3.8) is 0 Å². The number of rotatable bonds is 3. The maximum Gasteiger partial charge on any atom is 0.167 e. The van der Waals surface area contributed by atoms with Crippen LogP contribution in [0.4, 0.5) is 4.39 Å². The van der Waals surface area contributed by atoms with E-state index in [0.717, 1.165) is 0 Å². The van der Waals surface area contributed by atoms with Gasteiger partial charge in [0.2, 0.25) is 0 Å². The van der Waals surface area contributed by atoms with Crippen molar-refractivity contribution in [2.45, 2.75) is 6.42 Å². The van der Waals surface area contributed by atoms with Crippen LogP contribution in [0, 0.1) is 5.82 Å². The molecule has 5 heteroatoms. The van der Waals surface area contributed by atoms with Gasteiger partial charge in [0, 0.05) is 18.2 Å². The SMILES string of the molecule is O=C(Cc1ccnc(Cl)c1Cl)c1cccc(F)c1. The number of benzene rings is 1. The lowest BCUT2D eigenvalue weighted by Gasteiger charge is -2.04. The van der Waals surface area contributed by atoms with Crippen molar-refractivity contribution >= 4 is 29.0 Å². The summed E-state index contributed by atoms with van der Waals surface area (Å²) in [5, 5.41) is 0.408. The number of ketones is 1. The summed E-state index contributed by atoms with van der Waals surface area (Å²) in [5.74, 6) is -0.668. The van der Waals surface area contributed by atoms with Crippen LogP contribution in [0.25, 0.3) is 0 Å². The van der Waals surface area contributed by atoms with Crippen molar-refractivity contribution in [3.8, 4) is 0 Å². The van der Waals surface area contributed by atoms with Crippen LogP contribution >= 0.6 is 23.2 Å². The molecule has 0 aliphatic rings. The standard InChI is InChI=1S/C13H8Cl2FNO/c14-12-9(4-5-17-13(12)15)7-11(18)8-2-1-3-10(16)6-8/h1-6H,7H2. The largest absolute Gasteiger partial charge is 0.294 e. The fourth-order valence-electron chi connectivity index (χ4n) is 1.53. The lowest BCUT2D eigenvalue weighted by Crippen LogP contribution is -2.04. The van der Waals surface area contributed by atoms with E-state index in [4.69, 9.17) is 23.2 Å². The summed E-state index contributed by atoms with van der Waals surface area (Å²) in [6.45, 7) is 0. The van der Waals surface area contributed by atoms with E-state index in [1.165, 1.54) is 24.4 Å². The van der Waals surface area contributed by atoms with Crippen molar-refractivity contribution in [2.24, 2.45) is 0 Å². The van der Waals surface area contributed by atoms with Gasteiger partial charge in [0.1, 0.15) is 11.0 Å². The zero-order valence-electron chi connectivity index (χ0n) is 9.16. The first-order valence-electron chi connectivity index (χ1n) is 5.15. The third kappa shape index (κ3) is 2.86. The second-order valence-corrected chi connectivity index (χ2v) is 4.42. The fraction of sp³-hybridized carbons (Fsp3) is 0.0769. The van der Waals surface area contributed by atoms with Gasteiger partial charge in [0.15, 0.2) is 5.78 Å². The highest BCUT2D eigenvalue weighted by Crippen LogP contribution is 2.24. The number of carbonyl (C=O) groups excluding carboxylic acids is 1. The Morgan fingerprint density at radius 2 is 2.06 bits per heavy atom. The average molecular weight is 284 g/mol. The molecule has 0 saturated heterocycles. The number of hydrogen-bond donors (Lipinski definition) is 0. The van der Waals surface area contributed by atoms with Gasteiger partial charge in [-0.3, -0.25) is 4.79 Å². The smallest absolute Gasteiger partial charge is 0.167 e. The van der Waals surface area contributed by atoms with Crippen LogP contribution in [-0.2, 0) is 6.42 Å². The molecule has 0 radical (unpaired) electrons. The summed E-state index contributed by atoms with van der Waals surface area (Å²) in [5.41, 5.74) is 0.880. The molecule has 2 aromatic rings. The highest BCUT2D eigenvalue weighted by molar-refractivity contribution is 6.41. The van der Waals surface area contributed by atoms with Crippen LogP contribution in [0.2, 0.25) is 10.2 Å². The predicted octanol–water partition coefficient (Wildman–Crippen LogP) is 3.95. The minimum atomic E-state index is -0.445. The Morgan fingerprint density at radius 1 is 1.28 bits per heavy atom. The van der Waals surface area contributed by atoms with E-state index >= 15 is 0 Å². The van der Waals surface area contributed by atoms with Gasteiger partial charge >= 0.3 is 0 Å². The Balaban J connectivity index is 2.24. The van der Waals surface area contributed by atoms with Crippen LogP contribution < -0.4 is 0 Å². The molecular weight excluding hydrogens is 276 g/mol. The molecule has 1 heterocycles. The van der Waals surface area contributed by atoms with Gasteiger partial charge in [-0.05, 0) is 23.8 Å². The van der Waals surface area contributed by atoms with Crippen LogP contribution in [0.3, 0.4) is 0 Å². The monoisotopic (exact) mass is 283 g/mol. The van der Waals surface area contributed by atoms with E-state index < -0.39 is 5.82 Å². The first kappa shape index (κ1) is 13.0. The Kier molecular flexibility index (Phi) is 3.94. The number of hydrogen-bond acceptors (Lipinski definition) is 2. The van der Waals surface area contributed by atoms with Gasteiger partial charge in [0.05, 0.1) is 5.02 Å². The number of aromatic nitrogens is 1. The van der Waals surface area contributed by atoms with E-state index in [-0.39, 0.29) is 22.4 Å². The van der Waals surface area contributed by atoms with Crippen molar-refractivity contribution in [3.05, 3.63) is 63.6 Å². The zero-order valence-corrected chi connectivity index (χ0v) is 10.7. The fourth-order valence-corrected chi connectivity index (χ4v) is 1.88. The molecule has 0 N–H and O–H groups in total. The quantitative estimate of drug-likeness (QED) is 0.631. The molecule has 0 aliphatic heterocycles. The van der Waals surface area contributed by atoms with Crippen LogP contribution in [0.15, 0.2) is 36.5 Å². The Bertz CT molecular complexity index is 601. The first-order valence-corrected chi connectivity index (χ1v) is 5.91. The summed E-state index contributed by atoms with van der Waals surface area (Å²) in [4.78, 5) is 15.7. The van der Waals surface area contributed by atoms with E-state index in [9.17, 15) is 9.18 Å². The van der Waals surface area contributed by atoms with E-state index in [1.54, 1.807) is 12.1 Å². The lowest BCUT2D eigenvalue weighted by molar-refractivity contribution is 0.0992. The van der Waals surface area contributed by atoms with Gasteiger partial charge in [0.25, 0.3) is 0 Å². The lowest BCUT2D eigenvalue weighted by atomic mass is 10.0. The van der Waals surface area contributed by atoms with E-state index in [1.807, 2.05) is 0 Å². The number of nitrogens with zero attached hydrogens (tertiary/aromatic N) is 1. The van der Waals surface area contributed by atoms with Gasteiger partial charge in [-0.2, -0.15) is 0 Å². The molecule has 2 nitrogen and oxygen atoms in total. The second-order valence-electron chi connectivity index (χ2n) is 3.69. The van der Waals surface area contributed by atoms with Gasteiger partial charge in [-0.1, -0.05) is 35.3 Å². The third-order valence-electron chi connectivity index (χ3n) is 2.42. The first-order chi connectivity index (χ1) is 8.58. The Labute approximate surface area is 113 Å². The molecule has 0 unspecified atom stereocenters. The van der Waals surface area contributed by atoms with Crippen molar-refractivity contribution in [1.29, 1.82) is 0 Å². The summed E-state index contributed by atoms with van der Waals surface area (Å²) in [6, 6.07) is 7.14. The molecule has 0 aliphatic carbocycles. The molecule has 0 saturated carbocycles. The molecule has 0 bridgehead atoms. The van der Waals surface area contributed by atoms with E-state index in [2.05, 4.69) is 4.98 Å². The molecule has 92 valence electrons.